The highest BCUT2D eigenvalue weighted by Crippen LogP contribution is 2.41. The molecule has 184 valence electrons. The molecule has 0 saturated carbocycles. The Kier molecular flexibility index (Phi) is 6.66. The van der Waals surface area contributed by atoms with Gasteiger partial charge in [0, 0.05) is 11.7 Å². The van der Waals surface area contributed by atoms with Crippen molar-refractivity contribution in [3.05, 3.63) is 101 Å². The van der Waals surface area contributed by atoms with Crippen LogP contribution in [0.1, 0.15) is 46.4 Å². The predicted octanol–water partition coefficient (Wildman–Crippen LogP) is 6.79. The van der Waals surface area contributed by atoms with Crippen molar-refractivity contribution >= 4 is 28.1 Å². The number of carbonyl (C=O) groups is 1. The van der Waals surface area contributed by atoms with Crippen LogP contribution in [0.25, 0.3) is 10.8 Å². The Morgan fingerprint density at radius 2 is 1.78 bits per heavy atom. The Labute approximate surface area is 212 Å². The second-order valence-electron chi connectivity index (χ2n) is 9.56. The van der Waals surface area contributed by atoms with E-state index in [1.165, 1.54) is 16.3 Å². The van der Waals surface area contributed by atoms with E-state index in [-0.39, 0.29) is 12.1 Å². The normalized spacial score (nSPS) is 15.9. The standard InChI is InChI=1S/C31H32N2O3/c1-20-15-16-25(31(34)35)21(2)30(20)33-19-24(36-29-14-7-6-13-28(29)33)17-18-32-22(3)26-12-8-10-23-9-4-5-11-27(23)26/h4-16,22,24,32H,17-19H2,1-3H3,(H,34,35)/t22-,24?/m1/s1. The molecule has 5 heteroatoms. The monoisotopic (exact) mass is 480 g/mol. The van der Waals surface area contributed by atoms with Gasteiger partial charge in [-0.05, 0) is 79.4 Å². The van der Waals surface area contributed by atoms with Gasteiger partial charge in [-0.1, -0.05) is 60.7 Å². The summed E-state index contributed by atoms with van der Waals surface area (Å²) in [5, 5.41) is 15.9. The first-order valence-corrected chi connectivity index (χ1v) is 12.5. The number of ether oxygens (including phenoxy) is 1. The van der Waals surface area contributed by atoms with E-state index in [9.17, 15) is 9.90 Å². The maximum absolute atomic E-state index is 11.8. The number of nitrogens with zero attached hydrogens (tertiary/aromatic N) is 1. The highest BCUT2D eigenvalue weighted by molar-refractivity contribution is 5.93. The Morgan fingerprint density at radius 1 is 1.03 bits per heavy atom. The van der Waals surface area contributed by atoms with Crippen LogP contribution in [0.2, 0.25) is 0 Å². The lowest BCUT2D eigenvalue weighted by Crippen LogP contribution is -2.40. The van der Waals surface area contributed by atoms with E-state index < -0.39 is 5.97 Å². The minimum absolute atomic E-state index is 0.0283. The number of hydrogen-bond donors (Lipinski definition) is 2. The van der Waals surface area contributed by atoms with Gasteiger partial charge in [-0.2, -0.15) is 0 Å². The summed E-state index contributed by atoms with van der Waals surface area (Å²) in [7, 11) is 0. The Balaban J connectivity index is 1.35. The molecule has 1 heterocycles. The van der Waals surface area contributed by atoms with Gasteiger partial charge in [-0.3, -0.25) is 0 Å². The van der Waals surface area contributed by atoms with E-state index in [4.69, 9.17) is 4.74 Å². The van der Waals surface area contributed by atoms with E-state index in [0.717, 1.165) is 41.2 Å². The first-order valence-electron chi connectivity index (χ1n) is 12.5. The Bertz CT molecular complexity index is 1410. The Morgan fingerprint density at radius 3 is 2.61 bits per heavy atom. The van der Waals surface area contributed by atoms with Crippen LogP contribution in [0.15, 0.2) is 78.9 Å². The molecule has 2 atom stereocenters. The SMILES string of the molecule is Cc1ccc(C(=O)O)c(C)c1N1CC(CCN[C@H](C)c2cccc3ccccc23)Oc2ccccc21. The van der Waals surface area contributed by atoms with Gasteiger partial charge < -0.3 is 20.1 Å². The molecule has 0 fully saturated rings. The molecule has 36 heavy (non-hydrogen) atoms. The second kappa shape index (κ2) is 10.0. The molecule has 4 aromatic rings. The van der Waals surface area contributed by atoms with Crippen LogP contribution in [0.4, 0.5) is 11.4 Å². The summed E-state index contributed by atoms with van der Waals surface area (Å²) in [4.78, 5) is 14.1. The van der Waals surface area contributed by atoms with Crippen molar-refractivity contribution in [2.24, 2.45) is 0 Å². The number of nitrogens with one attached hydrogen (secondary N) is 1. The number of carboxylic acid groups (broad SMARTS) is 1. The quantitative estimate of drug-likeness (QED) is 0.305. The Hall–Kier alpha value is -3.83. The molecule has 1 aliphatic heterocycles. The molecule has 5 nitrogen and oxygen atoms in total. The average Bonchev–Trinajstić information content (AvgIpc) is 2.88. The first kappa shape index (κ1) is 23.9. The number of aryl methyl sites for hydroxylation is 1. The maximum atomic E-state index is 11.8. The number of fused-ring (bicyclic) bond motifs is 2. The molecule has 0 aliphatic carbocycles. The number of rotatable bonds is 7. The van der Waals surface area contributed by atoms with Crippen LogP contribution in [0.3, 0.4) is 0 Å². The molecule has 0 saturated heterocycles. The summed E-state index contributed by atoms with van der Waals surface area (Å²) in [6, 6.07) is 26.7. The zero-order valence-corrected chi connectivity index (χ0v) is 21.0. The van der Waals surface area contributed by atoms with Gasteiger partial charge in [0.15, 0.2) is 0 Å². The van der Waals surface area contributed by atoms with E-state index in [1.807, 2.05) is 44.2 Å². The third kappa shape index (κ3) is 4.54. The molecule has 0 radical (unpaired) electrons. The minimum atomic E-state index is -0.904. The fourth-order valence-electron chi connectivity index (χ4n) is 5.34. The average molecular weight is 481 g/mol. The van der Waals surface area contributed by atoms with Crippen LogP contribution in [0.5, 0.6) is 5.75 Å². The molecular weight excluding hydrogens is 448 g/mol. The van der Waals surface area contributed by atoms with Crippen molar-refractivity contribution in [2.75, 3.05) is 18.0 Å². The summed E-state index contributed by atoms with van der Waals surface area (Å²) in [5.41, 5.74) is 5.38. The van der Waals surface area contributed by atoms with Crippen LogP contribution in [-0.4, -0.2) is 30.3 Å². The topological polar surface area (TPSA) is 61.8 Å². The molecule has 4 aromatic carbocycles. The lowest BCUT2D eigenvalue weighted by molar-refractivity contribution is 0.0696. The summed E-state index contributed by atoms with van der Waals surface area (Å²) >= 11 is 0. The van der Waals surface area contributed by atoms with Gasteiger partial charge in [0.1, 0.15) is 11.9 Å². The molecule has 0 aromatic heterocycles. The first-order chi connectivity index (χ1) is 17.4. The molecule has 0 spiro atoms. The fraction of sp³-hybridized carbons (Fsp3) is 0.258. The minimum Gasteiger partial charge on any atom is -0.486 e. The lowest BCUT2D eigenvalue weighted by atomic mass is 9.99. The molecular formula is C31H32N2O3. The maximum Gasteiger partial charge on any atom is 0.336 e. The molecule has 1 unspecified atom stereocenters. The van der Waals surface area contributed by atoms with E-state index >= 15 is 0 Å². The van der Waals surface area contributed by atoms with Crippen molar-refractivity contribution in [1.29, 1.82) is 0 Å². The summed E-state index contributed by atoms with van der Waals surface area (Å²) in [6.45, 7) is 7.60. The lowest BCUT2D eigenvalue weighted by Gasteiger charge is -2.38. The summed E-state index contributed by atoms with van der Waals surface area (Å²) in [5.74, 6) is -0.0751. The number of aromatic carboxylic acids is 1. The zero-order valence-electron chi connectivity index (χ0n) is 21.0. The fourth-order valence-corrected chi connectivity index (χ4v) is 5.34. The number of para-hydroxylation sites is 2. The molecule has 2 N–H and O–H groups in total. The largest absolute Gasteiger partial charge is 0.486 e. The predicted molar refractivity (Wildman–Crippen MR) is 146 cm³/mol. The van der Waals surface area contributed by atoms with Crippen LogP contribution < -0.4 is 15.0 Å². The van der Waals surface area contributed by atoms with Crippen molar-refractivity contribution in [3.8, 4) is 5.75 Å². The number of hydrogen-bond acceptors (Lipinski definition) is 4. The molecule has 5 rings (SSSR count). The van der Waals surface area contributed by atoms with Gasteiger partial charge in [-0.25, -0.2) is 4.79 Å². The third-order valence-corrected chi connectivity index (χ3v) is 7.18. The van der Waals surface area contributed by atoms with Crippen molar-refractivity contribution in [2.45, 2.75) is 39.3 Å². The van der Waals surface area contributed by atoms with Crippen LogP contribution in [0, 0.1) is 13.8 Å². The highest BCUT2D eigenvalue weighted by atomic mass is 16.5. The number of anilines is 2. The second-order valence-corrected chi connectivity index (χ2v) is 9.56. The van der Waals surface area contributed by atoms with E-state index in [0.29, 0.717) is 12.1 Å². The van der Waals surface area contributed by atoms with Gasteiger partial charge in [0.05, 0.1) is 17.8 Å². The van der Waals surface area contributed by atoms with E-state index in [2.05, 4.69) is 59.6 Å². The van der Waals surface area contributed by atoms with Crippen LogP contribution in [-0.2, 0) is 0 Å². The van der Waals surface area contributed by atoms with Gasteiger partial charge >= 0.3 is 5.97 Å². The van der Waals surface area contributed by atoms with E-state index in [1.54, 1.807) is 6.07 Å². The summed E-state index contributed by atoms with van der Waals surface area (Å²) in [6.07, 6.45) is 0.802. The summed E-state index contributed by atoms with van der Waals surface area (Å²) < 4.78 is 6.40. The van der Waals surface area contributed by atoms with Gasteiger partial charge in [-0.15, -0.1) is 0 Å². The van der Waals surface area contributed by atoms with Crippen LogP contribution >= 0.6 is 0 Å². The third-order valence-electron chi connectivity index (χ3n) is 7.18. The molecule has 0 bridgehead atoms. The number of carboxylic acids is 1. The highest BCUT2D eigenvalue weighted by Gasteiger charge is 2.29. The zero-order chi connectivity index (χ0) is 25.2. The molecule has 0 amide bonds. The molecule has 1 aliphatic rings. The number of benzene rings is 4. The van der Waals surface area contributed by atoms with Gasteiger partial charge in [0.25, 0.3) is 0 Å². The smallest absolute Gasteiger partial charge is 0.336 e. The van der Waals surface area contributed by atoms with Crippen molar-refractivity contribution < 1.29 is 14.6 Å². The van der Waals surface area contributed by atoms with Gasteiger partial charge in [0.2, 0.25) is 0 Å². The van der Waals surface area contributed by atoms with Crippen molar-refractivity contribution in [3.63, 3.8) is 0 Å². The van der Waals surface area contributed by atoms with Crippen molar-refractivity contribution in [1.82, 2.24) is 5.32 Å².